The molecule has 0 aromatic heterocycles. The molecule has 0 saturated carbocycles. The number of hydrogen-bond donors (Lipinski definition) is 1. The third-order valence-electron chi connectivity index (χ3n) is 6.31. The van der Waals surface area contributed by atoms with E-state index in [4.69, 9.17) is 11.6 Å². The zero-order valence-electron chi connectivity index (χ0n) is 22.1. The van der Waals surface area contributed by atoms with E-state index < -0.39 is 28.5 Å². The fraction of sp³-hybridized carbons (Fsp3) is 0.310. The Balaban J connectivity index is 2.02. The largest absolute Gasteiger partial charge is 0.352 e. The number of carbonyl (C=O) groups excluding carboxylic acids is 2. The Labute approximate surface area is 230 Å². The number of aryl methyl sites for hydroxylation is 1. The van der Waals surface area contributed by atoms with Gasteiger partial charge in [0.15, 0.2) is 0 Å². The summed E-state index contributed by atoms with van der Waals surface area (Å²) in [5.41, 5.74) is 1.93. The number of halogens is 1. The summed E-state index contributed by atoms with van der Waals surface area (Å²) in [5, 5.41) is 3.42. The Morgan fingerprint density at radius 1 is 0.947 bits per heavy atom. The maximum absolute atomic E-state index is 13.9. The van der Waals surface area contributed by atoms with Crippen LogP contribution in [0, 0.1) is 6.92 Å². The number of nitrogens with one attached hydrogen (secondary N) is 1. The highest BCUT2D eigenvalue weighted by molar-refractivity contribution is 7.92. The molecule has 202 valence electrons. The summed E-state index contributed by atoms with van der Waals surface area (Å²) in [5.74, 6) is -0.833. The minimum atomic E-state index is -4.08. The third-order valence-corrected chi connectivity index (χ3v) is 8.33. The first-order chi connectivity index (χ1) is 18.0. The molecule has 9 heteroatoms. The molecule has 0 aliphatic carbocycles. The molecule has 0 bridgehead atoms. The van der Waals surface area contributed by atoms with Gasteiger partial charge in [0.2, 0.25) is 11.8 Å². The van der Waals surface area contributed by atoms with Crippen molar-refractivity contribution in [1.82, 2.24) is 10.2 Å². The fourth-order valence-corrected chi connectivity index (χ4v) is 5.55. The second kappa shape index (κ2) is 12.9. The van der Waals surface area contributed by atoms with Crippen molar-refractivity contribution in [3.05, 3.63) is 95.0 Å². The molecule has 3 aromatic rings. The molecule has 38 heavy (non-hydrogen) atoms. The standard InChI is InChI=1S/C29H34ClN3O4S/c1-5-22(3)31-29(35)23(4)32(19-24-12-10-13-25(30)18-24)28(34)20-33(26-14-9-11-21(2)17-26)38(36,37)27-15-7-6-8-16-27/h6-18,22-23H,5,19-20H2,1-4H3,(H,31,35)/t22-,23+/m0/s1. The number of sulfonamides is 1. The number of carbonyl (C=O) groups is 2. The lowest BCUT2D eigenvalue weighted by Crippen LogP contribution is -2.52. The Morgan fingerprint density at radius 2 is 1.63 bits per heavy atom. The van der Waals surface area contributed by atoms with Crippen LogP contribution in [0.1, 0.15) is 38.3 Å². The van der Waals surface area contributed by atoms with Gasteiger partial charge < -0.3 is 10.2 Å². The van der Waals surface area contributed by atoms with Gasteiger partial charge in [-0.15, -0.1) is 0 Å². The Bertz CT molecular complexity index is 1370. The molecule has 7 nitrogen and oxygen atoms in total. The molecule has 1 N–H and O–H groups in total. The van der Waals surface area contributed by atoms with Crippen molar-refractivity contribution >= 4 is 39.1 Å². The van der Waals surface area contributed by atoms with Crippen molar-refractivity contribution in [2.45, 2.75) is 57.6 Å². The lowest BCUT2D eigenvalue weighted by atomic mass is 10.1. The highest BCUT2D eigenvalue weighted by Gasteiger charge is 2.32. The smallest absolute Gasteiger partial charge is 0.264 e. The summed E-state index contributed by atoms with van der Waals surface area (Å²) in [7, 11) is -4.08. The molecule has 0 aliphatic heterocycles. The summed E-state index contributed by atoms with van der Waals surface area (Å²) in [6.45, 7) is 6.94. The van der Waals surface area contributed by atoms with Gasteiger partial charge in [-0.05, 0) is 74.7 Å². The van der Waals surface area contributed by atoms with E-state index in [1.54, 1.807) is 61.5 Å². The summed E-state index contributed by atoms with van der Waals surface area (Å²) in [6.07, 6.45) is 0.733. The van der Waals surface area contributed by atoms with Crippen molar-refractivity contribution in [2.75, 3.05) is 10.8 Å². The van der Waals surface area contributed by atoms with E-state index in [2.05, 4.69) is 5.32 Å². The third kappa shape index (κ3) is 7.36. The van der Waals surface area contributed by atoms with Crippen LogP contribution in [0.2, 0.25) is 5.02 Å². The van der Waals surface area contributed by atoms with E-state index >= 15 is 0 Å². The van der Waals surface area contributed by atoms with Crippen LogP contribution in [0.4, 0.5) is 5.69 Å². The molecule has 0 unspecified atom stereocenters. The van der Waals surface area contributed by atoms with Gasteiger partial charge in [0.05, 0.1) is 10.6 Å². The molecule has 2 atom stereocenters. The quantitative estimate of drug-likeness (QED) is 0.353. The van der Waals surface area contributed by atoms with E-state index in [1.165, 1.54) is 17.0 Å². The molecule has 0 saturated heterocycles. The van der Waals surface area contributed by atoms with Crippen LogP contribution in [0.15, 0.2) is 83.8 Å². The maximum atomic E-state index is 13.9. The molecule has 0 heterocycles. The SMILES string of the molecule is CC[C@H](C)NC(=O)[C@@H](C)N(Cc1cccc(Cl)c1)C(=O)CN(c1cccc(C)c1)S(=O)(=O)c1ccccc1. The summed E-state index contributed by atoms with van der Waals surface area (Å²) in [4.78, 5) is 28.4. The zero-order valence-corrected chi connectivity index (χ0v) is 23.7. The summed E-state index contributed by atoms with van der Waals surface area (Å²) in [6, 6.07) is 21.1. The first kappa shape index (κ1) is 29.2. The van der Waals surface area contributed by atoms with Crippen LogP contribution in [-0.2, 0) is 26.2 Å². The molecule has 2 amide bonds. The van der Waals surface area contributed by atoms with Crippen molar-refractivity contribution in [3.63, 3.8) is 0 Å². The van der Waals surface area contributed by atoms with Crippen molar-refractivity contribution in [1.29, 1.82) is 0 Å². The van der Waals surface area contributed by atoms with Crippen LogP contribution in [0.25, 0.3) is 0 Å². The van der Waals surface area contributed by atoms with Crippen LogP contribution >= 0.6 is 11.6 Å². The van der Waals surface area contributed by atoms with Gasteiger partial charge >= 0.3 is 0 Å². The second-order valence-electron chi connectivity index (χ2n) is 9.31. The maximum Gasteiger partial charge on any atom is 0.264 e. The number of nitrogens with zero attached hydrogens (tertiary/aromatic N) is 2. The van der Waals surface area contributed by atoms with Gasteiger partial charge in [0.25, 0.3) is 10.0 Å². The van der Waals surface area contributed by atoms with E-state index in [9.17, 15) is 18.0 Å². The molecule has 0 aliphatic rings. The minimum Gasteiger partial charge on any atom is -0.352 e. The normalized spacial score (nSPS) is 12.9. The number of hydrogen-bond acceptors (Lipinski definition) is 4. The molecule has 3 rings (SSSR count). The zero-order chi connectivity index (χ0) is 27.9. The molecular weight excluding hydrogens is 522 g/mol. The lowest BCUT2D eigenvalue weighted by Gasteiger charge is -2.32. The average Bonchev–Trinajstić information content (AvgIpc) is 2.90. The molecular formula is C29H34ClN3O4S. The predicted molar refractivity (Wildman–Crippen MR) is 152 cm³/mol. The predicted octanol–water partition coefficient (Wildman–Crippen LogP) is 5.18. The van der Waals surface area contributed by atoms with Gasteiger partial charge in [-0.25, -0.2) is 8.42 Å². The minimum absolute atomic E-state index is 0.0678. The van der Waals surface area contributed by atoms with E-state index in [0.717, 1.165) is 21.9 Å². The van der Waals surface area contributed by atoms with Crippen molar-refractivity contribution in [2.24, 2.45) is 0 Å². The number of anilines is 1. The van der Waals surface area contributed by atoms with E-state index in [0.29, 0.717) is 10.7 Å². The first-order valence-electron chi connectivity index (χ1n) is 12.5. The van der Waals surface area contributed by atoms with Gasteiger partial charge in [-0.3, -0.25) is 13.9 Å². The second-order valence-corrected chi connectivity index (χ2v) is 11.6. The summed E-state index contributed by atoms with van der Waals surface area (Å²) >= 11 is 6.17. The number of benzene rings is 3. The van der Waals surface area contributed by atoms with Crippen LogP contribution < -0.4 is 9.62 Å². The van der Waals surface area contributed by atoms with Crippen LogP contribution in [-0.4, -0.2) is 43.8 Å². The first-order valence-corrected chi connectivity index (χ1v) is 14.3. The van der Waals surface area contributed by atoms with Gasteiger partial charge in [-0.1, -0.05) is 61.0 Å². The molecule has 0 fully saturated rings. The Morgan fingerprint density at radius 3 is 2.26 bits per heavy atom. The van der Waals surface area contributed by atoms with Crippen LogP contribution in [0.3, 0.4) is 0 Å². The topological polar surface area (TPSA) is 86.8 Å². The summed E-state index contributed by atoms with van der Waals surface area (Å²) < 4.78 is 28.6. The highest BCUT2D eigenvalue weighted by atomic mass is 35.5. The fourth-order valence-electron chi connectivity index (χ4n) is 3.91. The lowest BCUT2D eigenvalue weighted by molar-refractivity contribution is -0.139. The van der Waals surface area contributed by atoms with Gasteiger partial charge in [-0.2, -0.15) is 0 Å². The monoisotopic (exact) mass is 555 g/mol. The highest BCUT2D eigenvalue weighted by Crippen LogP contribution is 2.25. The van der Waals surface area contributed by atoms with Crippen molar-refractivity contribution in [3.8, 4) is 0 Å². The van der Waals surface area contributed by atoms with E-state index in [1.807, 2.05) is 32.9 Å². The van der Waals surface area contributed by atoms with Gasteiger partial charge in [0.1, 0.15) is 12.6 Å². The molecule has 0 radical (unpaired) electrons. The van der Waals surface area contributed by atoms with Gasteiger partial charge in [0, 0.05) is 17.6 Å². The van der Waals surface area contributed by atoms with E-state index in [-0.39, 0.29) is 23.4 Å². The number of rotatable bonds is 11. The average molecular weight is 556 g/mol. The van der Waals surface area contributed by atoms with Crippen molar-refractivity contribution < 1.29 is 18.0 Å². The Hall–Kier alpha value is -3.36. The Kier molecular flexibility index (Phi) is 9.94. The van der Waals surface area contributed by atoms with Crippen LogP contribution in [0.5, 0.6) is 0 Å². The molecule has 3 aromatic carbocycles. The molecule has 0 spiro atoms. The number of amides is 2.